The molecule has 1 atom stereocenters. The van der Waals surface area contributed by atoms with Crippen molar-refractivity contribution in [2.45, 2.75) is 19.0 Å². The second-order valence-corrected chi connectivity index (χ2v) is 9.72. The highest BCUT2D eigenvalue weighted by molar-refractivity contribution is 7.91. The average molecular weight is 407 g/mol. The summed E-state index contributed by atoms with van der Waals surface area (Å²) in [5.74, 6) is -0.0329. The van der Waals surface area contributed by atoms with Crippen molar-refractivity contribution < 1.29 is 13.2 Å². The summed E-state index contributed by atoms with van der Waals surface area (Å²) in [5, 5.41) is 0.556. The van der Waals surface area contributed by atoms with Crippen molar-refractivity contribution in [3.05, 3.63) is 64.7 Å². The van der Waals surface area contributed by atoms with Gasteiger partial charge in [0.25, 0.3) is 5.91 Å². The lowest BCUT2D eigenvalue weighted by Crippen LogP contribution is -2.40. The summed E-state index contributed by atoms with van der Waals surface area (Å²) in [5.41, 5.74) is 2.54. The normalized spacial score (nSPS) is 18.3. The number of hydrogen-bond donors (Lipinski definition) is 0. The lowest BCUT2D eigenvalue weighted by molar-refractivity contribution is 0.0681. The number of rotatable bonds is 5. The van der Waals surface area contributed by atoms with E-state index in [2.05, 4.69) is 0 Å². The van der Waals surface area contributed by atoms with Crippen LogP contribution in [-0.4, -0.2) is 50.9 Å². The molecule has 144 valence electrons. The lowest BCUT2D eigenvalue weighted by atomic mass is 10.1. The zero-order valence-electron chi connectivity index (χ0n) is 15.4. The van der Waals surface area contributed by atoms with Crippen LogP contribution < -0.4 is 4.90 Å². The Labute approximate surface area is 165 Å². The summed E-state index contributed by atoms with van der Waals surface area (Å²) in [6.07, 6.45) is 0.470. The highest BCUT2D eigenvalue weighted by atomic mass is 35.5. The second-order valence-electron chi connectivity index (χ2n) is 7.06. The molecule has 0 radical (unpaired) electrons. The van der Waals surface area contributed by atoms with Crippen LogP contribution in [-0.2, 0) is 16.4 Å². The van der Waals surface area contributed by atoms with Gasteiger partial charge < -0.3 is 9.80 Å². The molecule has 0 bridgehead atoms. The van der Waals surface area contributed by atoms with Gasteiger partial charge in [-0.1, -0.05) is 23.7 Å². The minimum absolute atomic E-state index is 0.0160. The average Bonchev–Trinajstić information content (AvgIpc) is 2.99. The highest BCUT2D eigenvalue weighted by Gasteiger charge is 2.35. The molecule has 0 unspecified atom stereocenters. The number of nitrogens with zero attached hydrogens (tertiary/aromatic N) is 2. The van der Waals surface area contributed by atoms with Gasteiger partial charge >= 0.3 is 0 Å². The van der Waals surface area contributed by atoms with Gasteiger partial charge in [-0.25, -0.2) is 8.42 Å². The Morgan fingerprint density at radius 1 is 1.07 bits per heavy atom. The fourth-order valence-corrected chi connectivity index (χ4v) is 5.10. The molecule has 1 amide bonds. The van der Waals surface area contributed by atoms with Gasteiger partial charge in [0, 0.05) is 43.0 Å². The van der Waals surface area contributed by atoms with Crippen LogP contribution in [0.4, 0.5) is 5.69 Å². The second kappa shape index (κ2) is 7.90. The summed E-state index contributed by atoms with van der Waals surface area (Å²) in [7, 11) is 0.839. The molecule has 2 aromatic carbocycles. The van der Waals surface area contributed by atoms with Crippen molar-refractivity contribution in [3.8, 4) is 0 Å². The number of anilines is 1. The first-order chi connectivity index (χ1) is 12.7. The number of carbonyl (C=O) groups excluding carboxylic acids is 1. The molecule has 1 aliphatic heterocycles. The molecule has 3 rings (SSSR count). The first kappa shape index (κ1) is 19.7. The Morgan fingerprint density at radius 3 is 2.22 bits per heavy atom. The van der Waals surface area contributed by atoms with Crippen molar-refractivity contribution in [3.63, 3.8) is 0 Å². The van der Waals surface area contributed by atoms with Crippen LogP contribution in [0.15, 0.2) is 48.5 Å². The number of sulfone groups is 1. The highest BCUT2D eigenvalue weighted by Crippen LogP contribution is 2.24. The van der Waals surface area contributed by atoms with E-state index in [1.54, 1.807) is 29.2 Å². The summed E-state index contributed by atoms with van der Waals surface area (Å²) in [4.78, 5) is 16.8. The molecule has 7 heteroatoms. The topological polar surface area (TPSA) is 57.7 Å². The maximum absolute atomic E-state index is 13.1. The van der Waals surface area contributed by atoms with Gasteiger partial charge in [-0.15, -0.1) is 0 Å². The smallest absolute Gasteiger partial charge is 0.254 e. The van der Waals surface area contributed by atoms with Crippen LogP contribution in [0.5, 0.6) is 0 Å². The largest absolute Gasteiger partial charge is 0.378 e. The number of carbonyl (C=O) groups is 1. The zero-order chi connectivity index (χ0) is 19.6. The molecule has 1 heterocycles. The summed E-state index contributed by atoms with van der Waals surface area (Å²) >= 11 is 5.92. The van der Waals surface area contributed by atoms with E-state index in [1.807, 2.05) is 43.3 Å². The molecule has 1 saturated heterocycles. The van der Waals surface area contributed by atoms with E-state index < -0.39 is 9.84 Å². The molecular weight excluding hydrogens is 384 g/mol. The summed E-state index contributed by atoms with van der Waals surface area (Å²) < 4.78 is 23.9. The predicted molar refractivity (Wildman–Crippen MR) is 109 cm³/mol. The van der Waals surface area contributed by atoms with E-state index in [1.165, 1.54) is 0 Å². The van der Waals surface area contributed by atoms with Gasteiger partial charge in [0.1, 0.15) is 0 Å². The Hall–Kier alpha value is -2.05. The van der Waals surface area contributed by atoms with E-state index in [9.17, 15) is 13.2 Å². The van der Waals surface area contributed by atoms with Crippen LogP contribution in [0.3, 0.4) is 0 Å². The molecule has 1 fully saturated rings. The third kappa shape index (κ3) is 4.82. The SMILES string of the molecule is CN(C)c1ccc(CN(C(=O)c2ccc(Cl)cc2)[C@H]2CCS(=O)(=O)C2)cc1. The Morgan fingerprint density at radius 2 is 1.70 bits per heavy atom. The van der Waals surface area contributed by atoms with Crippen molar-refractivity contribution in [2.75, 3.05) is 30.5 Å². The monoisotopic (exact) mass is 406 g/mol. The van der Waals surface area contributed by atoms with Crippen molar-refractivity contribution in [2.24, 2.45) is 0 Å². The van der Waals surface area contributed by atoms with Gasteiger partial charge in [0.15, 0.2) is 9.84 Å². The van der Waals surface area contributed by atoms with Crippen LogP contribution in [0.1, 0.15) is 22.3 Å². The van der Waals surface area contributed by atoms with Crippen molar-refractivity contribution in [1.29, 1.82) is 0 Å². The molecule has 1 aliphatic rings. The number of halogens is 1. The molecule has 27 heavy (non-hydrogen) atoms. The molecule has 5 nitrogen and oxygen atoms in total. The fourth-order valence-electron chi connectivity index (χ4n) is 3.24. The molecule has 0 aromatic heterocycles. The van der Waals surface area contributed by atoms with Gasteiger partial charge in [0.2, 0.25) is 0 Å². The maximum Gasteiger partial charge on any atom is 0.254 e. The Kier molecular flexibility index (Phi) is 5.77. The first-order valence-corrected chi connectivity index (χ1v) is 11.0. The van der Waals surface area contributed by atoms with Gasteiger partial charge in [-0.2, -0.15) is 0 Å². The summed E-state index contributed by atoms with van der Waals surface area (Å²) in [6, 6.07) is 14.3. The molecular formula is C20H23ClN2O3S. The van der Waals surface area contributed by atoms with Gasteiger partial charge in [-0.05, 0) is 48.4 Å². The van der Waals surface area contributed by atoms with E-state index in [0.29, 0.717) is 23.6 Å². The molecule has 0 aliphatic carbocycles. The minimum atomic E-state index is -3.09. The standard InChI is InChI=1S/C20H23ClN2O3S/c1-22(2)18-9-3-15(4-10-18)13-23(19-11-12-27(25,26)14-19)20(24)16-5-7-17(21)8-6-16/h3-10,19H,11-14H2,1-2H3/t19-/m0/s1. The number of hydrogen-bond acceptors (Lipinski definition) is 4. The zero-order valence-corrected chi connectivity index (χ0v) is 17.0. The third-order valence-corrected chi connectivity index (χ3v) is 6.81. The van der Waals surface area contributed by atoms with Crippen LogP contribution >= 0.6 is 11.6 Å². The van der Waals surface area contributed by atoms with Crippen molar-refractivity contribution in [1.82, 2.24) is 4.90 Å². The van der Waals surface area contributed by atoms with Gasteiger partial charge in [0.05, 0.1) is 11.5 Å². The van der Waals surface area contributed by atoms with E-state index in [4.69, 9.17) is 11.6 Å². The van der Waals surface area contributed by atoms with Crippen LogP contribution in [0.25, 0.3) is 0 Å². The Bertz CT molecular complexity index is 909. The molecule has 0 saturated carbocycles. The predicted octanol–water partition coefficient (Wildman–Crippen LogP) is 3.24. The lowest BCUT2D eigenvalue weighted by Gasteiger charge is -2.29. The van der Waals surface area contributed by atoms with E-state index >= 15 is 0 Å². The van der Waals surface area contributed by atoms with E-state index in [-0.39, 0.29) is 23.5 Å². The van der Waals surface area contributed by atoms with Crippen LogP contribution in [0.2, 0.25) is 5.02 Å². The molecule has 2 aromatic rings. The molecule has 0 spiro atoms. The van der Waals surface area contributed by atoms with E-state index in [0.717, 1.165) is 11.3 Å². The Balaban J connectivity index is 1.87. The van der Waals surface area contributed by atoms with Crippen molar-refractivity contribution >= 4 is 33.0 Å². The first-order valence-electron chi connectivity index (χ1n) is 8.78. The minimum Gasteiger partial charge on any atom is -0.378 e. The number of benzene rings is 2. The number of amides is 1. The summed E-state index contributed by atoms with van der Waals surface area (Å²) in [6.45, 7) is 0.370. The van der Waals surface area contributed by atoms with Crippen LogP contribution in [0, 0.1) is 0 Å². The molecule has 0 N–H and O–H groups in total. The third-order valence-electron chi connectivity index (χ3n) is 4.81. The maximum atomic E-state index is 13.1. The van der Waals surface area contributed by atoms with Gasteiger partial charge in [-0.3, -0.25) is 4.79 Å². The quantitative estimate of drug-likeness (QED) is 0.764. The fraction of sp³-hybridized carbons (Fsp3) is 0.350.